The number of carbonyl (C=O) groups is 1. The number of amides is 1. The highest BCUT2D eigenvalue weighted by Crippen LogP contribution is 2.26. The number of hydrogen-bond acceptors (Lipinski definition) is 5. The Kier molecular flexibility index (Phi) is 5.55. The Morgan fingerprint density at radius 2 is 2.11 bits per heavy atom. The van der Waals surface area contributed by atoms with E-state index in [1.54, 1.807) is 13.0 Å². The minimum atomic E-state index is -0.601. The summed E-state index contributed by atoms with van der Waals surface area (Å²) in [6.07, 6.45) is 1.50. The van der Waals surface area contributed by atoms with Crippen LogP contribution in [0.3, 0.4) is 0 Å². The Morgan fingerprint density at radius 1 is 1.32 bits per heavy atom. The SMILES string of the molecule is Cc1ccc(NC(=O)c2ccn(COc3ccc(F)c(Cl)c3)n2)c([N+](=O)[O-])c1. The number of benzene rings is 2. The minimum absolute atomic E-state index is 0.0417. The summed E-state index contributed by atoms with van der Waals surface area (Å²) < 4.78 is 19.9. The fourth-order valence-electron chi connectivity index (χ4n) is 2.35. The van der Waals surface area contributed by atoms with Gasteiger partial charge < -0.3 is 10.1 Å². The number of rotatable bonds is 6. The van der Waals surface area contributed by atoms with Gasteiger partial charge in [0.1, 0.15) is 17.3 Å². The fourth-order valence-corrected chi connectivity index (χ4v) is 2.52. The molecule has 0 bridgehead atoms. The van der Waals surface area contributed by atoms with E-state index in [0.717, 1.165) is 0 Å². The van der Waals surface area contributed by atoms with Gasteiger partial charge in [-0.3, -0.25) is 14.9 Å². The maximum absolute atomic E-state index is 13.1. The van der Waals surface area contributed by atoms with Crippen LogP contribution in [0.25, 0.3) is 0 Å². The van der Waals surface area contributed by atoms with Crippen molar-refractivity contribution >= 4 is 28.9 Å². The van der Waals surface area contributed by atoms with Gasteiger partial charge in [-0.1, -0.05) is 17.7 Å². The number of carbonyl (C=O) groups excluding carboxylic acids is 1. The Hall–Kier alpha value is -3.46. The van der Waals surface area contributed by atoms with E-state index in [9.17, 15) is 19.3 Å². The molecule has 0 aliphatic rings. The number of hydrogen-bond donors (Lipinski definition) is 1. The summed E-state index contributed by atoms with van der Waals surface area (Å²) in [4.78, 5) is 22.9. The van der Waals surface area contributed by atoms with Crippen molar-refractivity contribution in [3.63, 3.8) is 0 Å². The van der Waals surface area contributed by atoms with E-state index in [4.69, 9.17) is 16.3 Å². The first-order valence-corrected chi connectivity index (χ1v) is 8.39. The molecule has 0 unspecified atom stereocenters. The van der Waals surface area contributed by atoms with Crippen molar-refractivity contribution in [2.75, 3.05) is 5.32 Å². The van der Waals surface area contributed by atoms with Crippen LogP contribution in [0.4, 0.5) is 15.8 Å². The molecule has 3 rings (SSSR count). The predicted octanol–water partition coefficient (Wildman–Crippen LogP) is 4.18. The smallest absolute Gasteiger partial charge is 0.293 e. The van der Waals surface area contributed by atoms with Gasteiger partial charge in [-0.05, 0) is 36.8 Å². The lowest BCUT2D eigenvalue weighted by Crippen LogP contribution is -2.15. The molecule has 1 aromatic heterocycles. The first kappa shape index (κ1) is 19.3. The second-order valence-corrected chi connectivity index (χ2v) is 6.23. The lowest BCUT2D eigenvalue weighted by molar-refractivity contribution is -0.384. The van der Waals surface area contributed by atoms with Crippen molar-refractivity contribution in [1.82, 2.24) is 9.78 Å². The Bertz CT molecular complexity index is 1050. The monoisotopic (exact) mass is 404 g/mol. The van der Waals surface area contributed by atoms with Crippen LogP contribution in [0.15, 0.2) is 48.7 Å². The highest BCUT2D eigenvalue weighted by Gasteiger charge is 2.18. The summed E-state index contributed by atoms with van der Waals surface area (Å²) in [6.45, 7) is 1.68. The molecule has 0 saturated heterocycles. The van der Waals surface area contributed by atoms with E-state index in [1.807, 2.05) is 0 Å². The number of nitro groups is 1. The average molecular weight is 405 g/mol. The van der Waals surface area contributed by atoms with Gasteiger partial charge in [0.15, 0.2) is 12.4 Å². The lowest BCUT2D eigenvalue weighted by atomic mass is 10.2. The number of nitrogens with one attached hydrogen (secondary N) is 1. The number of ether oxygens (including phenoxy) is 1. The molecule has 3 aromatic rings. The van der Waals surface area contributed by atoms with Crippen LogP contribution >= 0.6 is 11.6 Å². The summed E-state index contributed by atoms with van der Waals surface area (Å²) in [7, 11) is 0. The van der Waals surface area contributed by atoms with Crippen LogP contribution < -0.4 is 10.1 Å². The Labute approximate surface area is 163 Å². The van der Waals surface area contributed by atoms with Crippen LogP contribution in [0.2, 0.25) is 5.02 Å². The molecule has 0 fully saturated rings. The molecule has 0 aliphatic heterocycles. The molecule has 28 heavy (non-hydrogen) atoms. The molecule has 1 N–H and O–H groups in total. The zero-order valence-corrected chi connectivity index (χ0v) is 15.3. The molecule has 0 saturated carbocycles. The molecule has 2 aromatic carbocycles. The van der Waals surface area contributed by atoms with Gasteiger partial charge >= 0.3 is 0 Å². The van der Waals surface area contributed by atoms with Crippen molar-refractivity contribution in [2.45, 2.75) is 13.7 Å². The van der Waals surface area contributed by atoms with E-state index in [0.29, 0.717) is 11.3 Å². The zero-order valence-electron chi connectivity index (χ0n) is 14.6. The largest absolute Gasteiger partial charge is 0.471 e. The van der Waals surface area contributed by atoms with Gasteiger partial charge in [0.05, 0.1) is 9.95 Å². The standard InChI is InChI=1S/C18H14ClFN4O4/c1-11-2-5-15(17(8-11)24(26)27)21-18(25)16-6-7-23(22-16)10-28-12-3-4-14(20)13(19)9-12/h2-9H,10H2,1H3,(H,21,25). The van der Waals surface area contributed by atoms with Crippen molar-refractivity contribution in [3.8, 4) is 5.75 Å². The number of halogens is 2. The van der Waals surface area contributed by atoms with Crippen LogP contribution in [-0.2, 0) is 6.73 Å². The molecular formula is C18H14ClFN4O4. The minimum Gasteiger partial charge on any atom is -0.471 e. The quantitative estimate of drug-likeness (QED) is 0.490. The number of aromatic nitrogens is 2. The molecule has 144 valence electrons. The average Bonchev–Trinajstić information content (AvgIpc) is 3.13. The zero-order chi connectivity index (χ0) is 20.3. The maximum atomic E-state index is 13.1. The lowest BCUT2D eigenvalue weighted by Gasteiger charge is -2.07. The van der Waals surface area contributed by atoms with Crippen molar-refractivity contribution in [2.24, 2.45) is 0 Å². The van der Waals surface area contributed by atoms with E-state index in [1.165, 1.54) is 47.3 Å². The number of aryl methyl sites for hydroxylation is 1. The molecule has 0 spiro atoms. The summed E-state index contributed by atoms with van der Waals surface area (Å²) in [5.41, 5.74) is 0.624. The molecule has 0 radical (unpaired) electrons. The van der Waals surface area contributed by atoms with Crippen LogP contribution in [0.5, 0.6) is 5.75 Å². The number of nitrogens with zero attached hydrogens (tertiary/aromatic N) is 3. The molecule has 10 heteroatoms. The molecule has 0 atom stereocenters. The second kappa shape index (κ2) is 8.05. The fraction of sp³-hybridized carbons (Fsp3) is 0.111. The maximum Gasteiger partial charge on any atom is 0.293 e. The molecule has 8 nitrogen and oxygen atoms in total. The van der Waals surface area contributed by atoms with Crippen LogP contribution in [-0.4, -0.2) is 20.6 Å². The highest BCUT2D eigenvalue weighted by molar-refractivity contribution is 6.30. The van der Waals surface area contributed by atoms with Crippen molar-refractivity contribution in [3.05, 3.63) is 80.9 Å². The molecule has 0 aliphatic carbocycles. The Balaban J connectivity index is 1.67. The summed E-state index contributed by atoms with van der Waals surface area (Å²) >= 11 is 5.68. The molecule has 1 heterocycles. The molecule has 1 amide bonds. The third kappa shape index (κ3) is 4.44. The van der Waals surface area contributed by atoms with Gasteiger partial charge in [0.25, 0.3) is 11.6 Å². The normalized spacial score (nSPS) is 10.5. The van der Waals surface area contributed by atoms with E-state index in [-0.39, 0.29) is 28.8 Å². The Morgan fingerprint density at radius 3 is 2.82 bits per heavy atom. The number of nitro benzene ring substituents is 1. The van der Waals surface area contributed by atoms with E-state index < -0.39 is 16.6 Å². The van der Waals surface area contributed by atoms with Crippen LogP contribution in [0.1, 0.15) is 16.1 Å². The first-order valence-electron chi connectivity index (χ1n) is 8.01. The second-order valence-electron chi connectivity index (χ2n) is 5.82. The first-order chi connectivity index (χ1) is 13.3. The predicted molar refractivity (Wildman–Crippen MR) is 100 cm³/mol. The van der Waals surface area contributed by atoms with E-state index >= 15 is 0 Å². The van der Waals surface area contributed by atoms with Gasteiger partial charge in [0.2, 0.25) is 0 Å². The van der Waals surface area contributed by atoms with Crippen molar-refractivity contribution in [1.29, 1.82) is 0 Å². The van der Waals surface area contributed by atoms with E-state index in [2.05, 4.69) is 10.4 Å². The summed E-state index contributed by atoms with van der Waals surface area (Å²) in [6, 6.07) is 9.84. The topological polar surface area (TPSA) is 99.3 Å². The van der Waals surface area contributed by atoms with Gasteiger partial charge in [-0.15, -0.1) is 0 Å². The summed E-state index contributed by atoms with van der Waals surface area (Å²) in [5, 5.41) is 17.6. The van der Waals surface area contributed by atoms with Gasteiger partial charge in [-0.2, -0.15) is 5.10 Å². The van der Waals surface area contributed by atoms with Crippen LogP contribution in [0, 0.1) is 22.9 Å². The summed E-state index contributed by atoms with van der Waals surface area (Å²) in [5.74, 6) is -0.823. The molecular weight excluding hydrogens is 391 g/mol. The third-order valence-electron chi connectivity index (χ3n) is 3.73. The van der Waals surface area contributed by atoms with Gasteiger partial charge in [-0.25, -0.2) is 9.07 Å². The van der Waals surface area contributed by atoms with Crippen molar-refractivity contribution < 1.29 is 18.8 Å². The van der Waals surface area contributed by atoms with Gasteiger partial charge in [0, 0.05) is 18.3 Å². The highest BCUT2D eigenvalue weighted by atomic mass is 35.5. The number of anilines is 1. The third-order valence-corrected chi connectivity index (χ3v) is 4.02.